The van der Waals surface area contributed by atoms with Crippen LogP contribution in [0, 0.1) is 11.8 Å². The lowest BCUT2D eigenvalue weighted by Gasteiger charge is -2.27. The smallest absolute Gasteiger partial charge is 0.120 e. The zero-order valence-corrected chi connectivity index (χ0v) is 19.3. The van der Waals surface area contributed by atoms with Crippen LogP contribution in [0.2, 0.25) is 0 Å². The van der Waals surface area contributed by atoms with Crippen molar-refractivity contribution in [2.45, 2.75) is 31.6 Å². The molecule has 0 bridgehead atoms. The topological polar surface area (TPSA) is 33.3 Å². The van der Waals surface area contributed by atoms with Gasteiger partial charge in [-0.2, -0.15) is 0 Å². The Morgan fingerprint density at radius 3 is 2.70 bits per heavy atom. The maximum atomic E-state index is 6.04. The van der Waals surface area contributed by atoms with Gasteiger partial charge in [-0.3, -0.25) is 0 Å². The molecule has 0 amide bonds. The Balaban J connectivity index is 1.64. The van der Waals surface area contributed by atoms with Crippen LogP contribution in [0.25, 0.3) is 5.70 Å². The van der Waals surface area contributed by atoms with Crippen LogP contribution in [0.3, 0.4) is 0 Å². The van der Waals surface area contributed by atoms with Crippen molar-refractivity contribution in [2.24, 2.45) is 11.8 Å². The molecule has 1 fully saturated rings. The molecule has 0 aliphatic carbocycles. The summed E-state index contributed by atoms with van der Waals surface area (Å²) in [5.74, 6) is 1.96. The fourth-order valence-corrected chi connectivity index (χ4v) is 4.52. The predicted molar refractivity (Wildman–Crippen MR) is 130 cm³/mol. The van der Waals surface area contributed by atoms with E-state index in [4.69, 9.17) is 4.74 Å². The van der Waals surface area contributed by atoms with E-state index in [2.05, 4.69) is 80.1 Å². The molecule has 1 aliphatic rings. The van der Waals surface area contributed by atoms with Crippen LogP contribution < -0.4 is 15.4 Å². The van der Waals surface area contributed by atoms with Gasteiger partial charge in [0.1, 0.15) is 5.75 Å². The van der Waals surface area contributed by atoms with E-state index in [1.807, 2.05) is 7.05 Å². The molecule has 1 unspecified atom stereocenters. The number of hydrogen-bond acceptors (Lipinski definition) is 4. The van der Waals surface area contributed by atoms with Gasteiger partial charge in [-0.15, -0.1) is 0 Å². The summed E-state index contributed by atoms with van der Waals surface area (Å²) in [4.78, 5) is 2.44. The zero-order chi connectivity index (χ0) is 21.5. The molecule has 0 saturated carbocycles. The van der Waals surface area contributed by atoms with Crippen molar-refractivity contribution in [2.75, 3.05) is 26.7 Å². The molecule has 3 rings (SSSR count). The van der Waals surface area contributed by atoms with Gasteiger partial charge in [0.05, 0.1) is 6.61 Å². The Kier molecular flexibility index (Phi) is 8.06. The van der Waals surface area contributed by atoms with Crippen LogP contribution in [-0.2, 0) is 12.8 Å². The van der Waals surface area contributed by atoms with Gasteiger partial charge in [0, 0.05) is 36.6 Å². The predicted octanol–water partition coefficient (Wildman–Crippen LogP) is 5.52. The van der Waals surface area contributed by atoms with E-state index < -0.39 is 0 Å². The summed E-state index contributed by atoms with van der Waals surface area (Å²) in [6, 6.07) is 15.1. The largest absolute Gasteiger partial charge is 0.493 e. The first-order chi connectivity index (χ1) is 14.5. The van der Waals surface area contributed by atoms with Crippen molar-refractivity contribution >= 4 is 17.5 Å². The molecule has 30 heavy (non-hydrogen) atoms. The lowest BCUT2D eigenvalue weighted by Crippen LogP contribution is -2.45. The lowest BCUT2D eigenvalue weighted by atomic mass is 9.99. The number of allylic oxidation sites excluding steroid dienone is 1. The van der Waals surface area contributed by atoms with Crippen LogP contribution in [0.4, 0.5) is 0 Å². The second-order valence-electron chi connectivity index (χ2n) is 8.06. The highest BCUT2D eigenvalue weighted by Gasteiger charge is 2.18. The molecule has 2 aromatic carbocycles. The zero-order valence-electron chi connectivity index (χ0n) is 18.5. The summed E-state index contributed by atoms with van der Waals surface area (Å²) >= 11 is 1.79. The fraction of sp³-hybridized carbons (Fsp3) is 0.385. The van der Waals surface area contributed by atoms with E-state index in [1.54, 1.807) is 11.8 Å². The number of ether oxygens (including phenoxy) is 1. The van der Waals surface area contributed by atoms with Gasteiger partial charge in [-0.05, 0) is 58.6 Å². The number of rotatable bonds is 11. The SMILES string of the molecule is C=C(NC)c1cccc(CC(C)C(=C)Sc2cc(OCC3CNC3)ccc2CC)c1. The highest BCUT2D eigenvalue weighted by Crippen LogP contribution is 2.36. The number of hydrogen-bond donors (Lipinski definition) is 2. The van der Waals surface area contributed by atoms with Crippen LogP contribution in [-0.4, -0.2) is 26.7 Å². The molecule has 0 radical (unpaired) electrons. The van der Waals surface area contributed by atoms with E-state index in [1.165, 1.54) is 20.9 Å². The van der Waals surface area contributed by atoms with Crippen molar-refractivity contribution in [3.63, 3.8) is 0 Å². The second kappa shape index (κ2) is 10.7. The molecule has 160 valence electrons. The first kappa shape index (κ1) is 22.5. The van der Waals surface area contributed by atoms with Gasteiger partial charge < -0.3 is 15.4 Å². The maximum absolute atomic E-state index is 6.04. The van der Waals surface area contributed by atoms with Gasteiger partial charge >= 0.3 is 0 Å². The minimum atomic E-state index is 0.364. The molecule has 1 aliphatic heterocycles. The first-order valence-electron chi connectivity index (χ1n) is 10.8. The van der Waals surface area contributed by atoms with E-state index in [9.17, 15) is 0 Å². The van der Waals surface area contributed by atoms with Crippen molar-refractivity contribution in [1.29, 1.82) is 0 Å². The normalized spacial score (nSPS) is 14.6. The number of thioether (sulfide) groups is 1. The number of nitrogens with one attached hydrogen (secondary N) is 2. The van der Waals surface area contributed by atoms with E-state index >= 15 is 0 Å². The van der Waals surface area contributed by atoms with Gasteiger partial charge in [-0.25, -0.2) is 0 Å². The van der Waals surface area contributed by atoms with E-state index in [0.29, 0.717) is 11.8 Å². The number of benzene rings is 2. The summed E-state index contributed by atoms with van der Waals surface area (Å²) in [6.45, 7) is 15.8. The van der Waals surface area contributed by atoms with Gasteiger partial charge in [0.25, 0.3) is 0 Å². The van der Waals surface area contributed by atoms with Crippen molar-refractivity contribution < 1.29 is 4.74 Å². The molecule has 1 heterocycles. The standard InChI is InChI=1S/C26H34N2OS/c1-6-23-10-11-25(29-17-22-15-28-16-22)14-26(23)30-20(4)18(2)12-21-8-7-9-24(13-21)19(3)27-5/h7-11,13-14,18,22,27-28H,3-4,6,12,15-17H2,1-2,5H3. The summed E-state index contributed by atoms with van der Waals surface area (Å²) in [5, 5.41) is 6.42. The average Bonchev–Trinajstić information content (AvgIpc) is 2.72. The fourth-order valence-electron chi connectivity index (χ4n) is 3.43. The van der Waals surface area contributed by atoms with Crippen LogP contribution in [0.1, 0.15) is 30.5 Å². The van der Waals surface area contributed by atoms with Crippen LogP contribution in [0.15, 0.2) is 65.4 Å². The molecule has 4 heteroatoms. The number of aryl methyl sites for hydroxylation is 1. The molecule has 1 atom stereocenters. The third-order valence-electron chi connectivity index (χ3n) is 5.68. The first-order valence-corrected chi connectivity index (χ1v) is 11.6. The Morgan fingerprint density at radius 2 is 2.03 bits per heavy atom. The van der Waals surface area contributed by atoms with E-state index in [-0.39, 0.29) is 0 Å². The highest BCUT2D eigenvalue weighted by molar-refractivity contribution is 8.03. The minimum absolute atomic E-state index is 0.364. The summed E-state index contributed by atoms with van der Waals surface area (Å²) in [7, 11) is 1.91. The maximum Gasteiger partial charge on any atom is 0.120 e. The van der Waals surface area contributed by atoms with Gasteiger partial charge in [0.2, 0.25) is 0 Å². The molecular weight excluding hydrogens is 388 g/mol. The molecule has 2 aromatic rings. The van der Waals surface area contributed by atoms with Crippen molar-refractivity contribution in [3.8, 4) is 5.75 Å². The van der Waals surface area contributed by atoms with E-state index in [0.717, 1.165) is 49.5 Å². The molecule has 2 N–H and O–H groups in total. The highest BCUT2D eigenvalue weighted by atomic mass is 32.2. The molecule has 0 aromatic heterocycles. The summed E-state index contributed by atoms with van der Waals surface area (Å²) < 4.78 is 6.04. The Bertz CT molecular complexity index is 888. The third kappa shape index (κ3) is 5.93. The Hall–Kier alpha value is -2.17. The Labute approximate surface area is 186 Å². The average molecular weight is 423 g/mol. The summed E-state index contributed by atoms with van der Waals surface area (Å²) in [5.41, 5.74) is 4.73. The Morgan fingerprint density at radius 1 is 1.23 bits per heavy atom. The lowest BCUT2D eigenvalue weighted by molar-refractivity contribution is 0.199. The quantitative estimate of drug-likeness (QED) is 0.467. The second-order valence-corrected chi connectivity index (χ2v) is 9.23. The van der Waals surface area contributed by atoms with Crippen LogP contribution in [0.5, 0.6) is 5.75 Å². The van der Waals surface area contributed by atoms with Crippen molar-refractivity contribution in [3.05, 3.63) is 77.2 Å². The third-order valence-corrected chi connectivity index (χ3v) is 6.95. The molecule has 3 nitrogen and oxygen atoms in total. The van der Waals surface area contributed by atoms with Gasteiger partial charge in [-0.1, -0.05) is 63.0 Å². The molecular formula is C26H34N2OS. The molecule has 1 saturated heterocycles. The minimum Gasteiger partial charge on any atom is -0.493 e. The monoisotopic (exact) mass is 422 g/mol. The van der Waals surface area contributed by atoms with Crippen molar-refractivity contribution in [1.82, 2.24) is 10.6 Å². The van der Waals surface area contributed by atoms with Crippen LogP contribution >= 0.6 is 11.8 Å². The van der Waals surface area contributed by atoms with Gasteiger partial charge in [0.15, 0.2) is 0 Å². The summed E-state index contributed by atoms with van der Waals surface area (Å²) in [6.07, 6.45) is 1.97. The molecule has 0 spiro atoms.